The van der Waals surface area contributed by atoms with Gasteiger partial charge in [0.15, 0.2) is 0 Å². The number of hydrogen-bond acceptors (Lipinski definition) is 1. The third kappa shape index (κ3) is 6.77. The molecule has 1 heteroatoms. The molecule has 1 rings (SSSR count). The van der Waals surface area contributed by atoms with Gasteiger partial charge in [0.25, 0.3) is 0 Å². The Hall–Kier alpha value is -0.820. The third-order valence-electron chi connectivity index (χ3n) is 3.53. The molecule has 0 aliphatic rings. The van der Waals surface area contributed by atoms with Crippen LogP contribution in [0.15, 0.2) is 30.3 Å². The van der Waals surface area contributed by atoms with Crippen LogP contribution in [-0.2, 0) is 6.42 Å². The van der Waals surface area contributed by atoms with Crippen LogP contribution in [0.2, 0.25) is 0 Å². The SMILES string of the molecule is CC(C)CC(O)(CCCc1ccccc1)CC(C)C. The van der Waals surface area contributed by atoms with Gasteiger partial charge in [0.2, 0.25) is 0 Å². The summed E-state index contributed by atoms with van der Waals surface area (Å²) in [6.07, 6.45) is 4.89. The standard InChI is InChI=1S/C18H30O/c1-15(2)13-18(19,14-16(3)4)12-8-11-17-9-6-5-7-10-17/h5-7,9-10,15-16,19H,8,11-14H2,1-4H3. The summed E-state index contributed by atoms with van der Waals surface area (Å²) in [4.78, 5) is 0. The van der Waals surface area contributed by atoms with Gasteiger partial charge in [-0.1, -0.05) is 58.0 Å². The zero-order valence-electron chi connectivity index (χ0n) is 13.0. The van der Waals surface area contributed by atoms with Gasteiger partial charge in [-0.25, -0.2) is 0 Å². The Bertz CT molecular complexity index is 330. The molecule has 0 atom stereocenters. The Morgan fingerprint density at radius 1 is 0.947 bits per heavy atom. The maximum Gasteiger partial charge on any atom is 0.0652 e. The summed E-state index contributed by atoms with van der Waals surface area (Å²) in [5.74, 6) is 1.11. The van der Waals surface area contributed by atoms with Crippen molar-refractivity contribution in [1.29, 1.82) is 0 Å². The summed E-state index contributed by atoms with van der Waals surface area (Å²) in [7, 11) is 0. The molecule has 1 aromatic rings. The van der Waals surface area contributed by atoms with Gasteiger partial charge in [0, 0.05) is 0 Å². The fourth-order valence-corrected chi connectivity index (χ4v) is 3.07. The Kier molecular flexibility index (Phi) is 6.57. The van der Waals surface area contributed by atoms with Crippen LogP contribution in [0.5, 0.6) is 0 Å². The molecular formula is C18H30O. The molecule has 0 saturated carbocycles. The van der Waals surface area contributed by atoms with E-state index < -0.39 is 5.60 Å². The van der Waals surface area contributed by atoms with E-state index >= 15 is 0 Å². The lowest BCUT2D eigenvalue weighted by molar-refractivity contribution is -0.00887. The Labute approximate surface area is 119 Å². The summed E-state index contributed by atoms with van der Waals surface area (Å²) in [5, 5.41) is 10.8. The fourth-order valence-electron chi connectivity index (χ4n) is 3.07. The van der Waals surface area contributed by atoms with Gasteiger partial charge in [0.1, 0.15) is 0 Å². The van der Waals surface area contributed by atoms with E-state index in [1.165, 1.54) is 5.56 Å². The van der Waals surface area contributed by atoms with E-state index in [9.17, 15) is 5.11 Å². The number of aryl methyl sites for hydroxylation is 1. The zero-order valence-corrected chi connectivity index (χ0v) is 13.0. The molecular weight excluding hydrogens is 232 g/mol. The van der Waals surface area contributed by atoms with E-state index in [4.69, 9.17) is 0 Å². The smallest absolute Gasteiger partial charge is 0.0652 e. The van der Waals surface area contributed by atoms with Crippen molar-refractivity contribution in [2.45, 2.75) is 65.4 Å². The van der Waals surface area contributed by atoms with Crippen LogP contribution in [0.25, 0.3) is 0 Å². The molecule has 108 valence electrons. The highest BCUT2D eigenvalue weighted by Crippen LogP contribution is 2.29. The van der Waals surface area contributed by atoms with Crippen molar-refractivity contribution in [3.05, 3.63) is 35.9 Å². The van der Waals surface area contributed by atoms with Crippen molar-refractivity contribution in [3.8, 4) is 0 Å². The molecule has 0 saturated heterocycles. The Balaban J connectivity index is 2.48. The molecule has 0 amide bonds. The lowest BCUT2D eigenvalue weighted by atomic mass is 9.81. The second kappa shape index (κ2) is 7.69. The molecule has 1 N–H and O–H groups in total. The lowest BCUT2D eigenvalue weighted by Crippen LogP contribution is -2.32. The third-order valence-corrected chi connectivity index (χ3v) is 3.53. The van der Waals surface area contributed by atoms with E-state index in [0.717, 1.165) is 32.1 Å². The highest BCUT2D eigenvalue weighted by atomic mass is 16.3. The van der Waals surface area contributed by atoms with Gasteiger partial charge in [-0.15, -0.1) is 0 Å². The molecule has 0 aromatic heterocycles. The predicted molar refractivity (Wildman–Crippen MR) is 83.2 cm³/mol. The van der Waals surface area contributed by atoms with E-state index in [2.05, 4.69) is 58.0 Å². The minimum Gasteiger partial charge on any atom is -0.390 e. The molecule has 0 radical (unpaired) electrons. The monoisotopic (exact) mass is 262 g/mol. The minimum absolute atomic E-state index is 0.475. The highest BCUT2D eigenvalue weighted by molar-refractivity contribution is 5.14. The molecule has 0 bridgehead atoms. The number of benzene rings is 1. The molecule has 0 aliphatic carbocycles. The molecule has 1 nitrogen and oxygen atoms in total. The summed E-state index contributed by atoms with van der Waals surface area (Å²) in [6.45, 7) is 8.79. The molecule has 19 heavy (non-hydrogen) atoms. The first-order valence-corrected chi connectivity index (χ1v) is 7.67. The second-order valence-electron chi connectivity index (χ2n) is 6.76. The topological polar surface area (TPSA) is 20.2 Å². The number of aliphatic hydroxyl groups is 1. The average Bonchev–Trinajstić information content (AvgIpc) is 2.27. The summed E-state index contributed by atoms with van der Waals surface area (Å²) in [6, 6.07) is 10.6. The maximum absolute atomic E-state index is 10.8. The summed E-state index contributed by atoms with van der Waals surface area (Å²) >= 11 is 0. The average molecular weight is 262 g/mol. The Morgan fingerprint density at radius 2 is 1.47 bits per heavy atom. The van der Waals surface area contributed by atoms with Crippen LogP contribution in [0, 0.1) is 11.8 Å². The van der Waals surface area contributed by atoms with Crippen LogP contribution in [0.4, 0.5) is 0 Å². The lowest BCUT2D eigenvalue weighted by Gasteiger charge is -2.32. The summed E-state index contributed by atoms with van der Waals surface area (Å²) < 4.78 is 0. The van der Waals surface area contributed by atoms with Gasteiger partial charge in [0.05, 0.1) is 5.60 Å². The van der Waals surface area contributed by atoms with Gasteiger partial charge in [-0.2, -0.15) is 0 Å². The number of hydrogen-bond donors (Lipinski definition) is 1. The van der Waals surface area contributed by atoms with Crippen molar-refractivity contribution >= 4 is 0 Å². The first kappa shape index (κ1) is 16.2. The van der Waals surface area contributed by atoms with Gasteiger partial charge >= 0.3 is 0 Å². The van der Waals surface area contributed by atoms with Crippen molar-refractivity contribution < 1.29 is 5.11 Å². The Morgan fingerprint density at radius 3 is 1.95 bits per heavy atom. The maximum atomic E-state index is 10.8. The van der Waals surface area contributed by atoms with E-state index in [1.807, 2.05) is 0 Å². The van der Waals surface area contributed by atoms with Crippen molar-refractivity contribution in [3.63, 3.8) is 0 Å². The van der Waals surface area contributed by atoms with Crippen LogP contribution in [-0.4, -0.2) is 10.7 Å². The molecule has 0 fully saturated rings. The van der Waals surface area contributed by atoms with E-state index in [-0.39, 0.29) is 0 Å². The quantitative estimate of drug-likeness (QED) is 0.711. The normalized spacial score (nSPS) is 12.4. The van der Waals surface area contributed by atoms with E-state index in [0.29, 0.717) is 11.8 Å². The van der Waals surface area contributed by atoms with Crippen LogP contribution < -0.4 is 0 Å². The van der Waals surface area contributed by atoms with Crippen molar-refractivity contribution in [2.75, 3.05) is 0 Å². The molecule has 0 unspecified atom stereocenters. The molecule has 0 aliphatic heterocycles. The summed E-state index contributed by atoms with van der Waals surface area (Å²) in [5.41, 5.74) is 0.899. The predicted octanol–water partition coefficient (Wildman–Crippen LogP) is 4.83. The van der Waals surface area contributed by atoms with Gasteiger partial charge < -0.3 is 5.11 Å². The molecule has 0 heterocycles. The largest absolute Gasteiger partial charge is 0.390 e. The van der Waals surface area contributed by atoms with Gasteiger partial charge in [-0.3, -0.25) is 0 Å². The van der Waals surface area contributed by atoms with Crippen LogP contribution >= 0.6 is 0 Å². The van der Waals surface area contributed by atoms with Crippen molar-refractivity contribution in [1.82, 2.24) is 0 Å². The minimum atomic E-state index is -0.475. The number of rotatable bonds is 8. The van der Waals surface area contributed by atoms with Crippen molar-refractivity contribution in [2.24, 2.45) is 11.8 Å². The van der Waals surface area contributed by atoms with Crippen LogP contribution in [0.1, 0.15) is 58.9 Å². The second-order valence-corrected chi connectivity index (χ2v) is 6.76. The highest BCUT2D eigenvalue weighted by Gasteiger charge is 2.28. The van der Waals surface area contributed by atoms with Crippen LogP contribution in [0.3, 0.4) is 0 Å². The fraction of sp³-hybridized carbons (Fsp3) is 0.667. The van der Waals surface area contributed by atoms with E-state index in [1.54, 1.807) is 0 Å². The zero-order chi connectivity index (χ0) is 14.3. The molecule has 0 spiro atoms. The van der Waals surface area contributed by atoms with Gasteiger partial charge in [-0.05, 0) is 49.5 Å². The first-order valence-electron chi connectivity index (χ1n) is 7.67. The molecule has 1 aromatic carbocycles. The first-order chi connectivity index (χ1) is 8.91.